The van der Waals surface area contributed by atoms with E-state index < -0.39 is 0 Å². The highest BCUT2D eigenvalue weighted by Crippen LogP contribution is 2.21. The van der Waals surface area contributed by atoms with Crippen molar-refractivity contribution in [3.05, 3.63) is 36.7 Å². The third-order valence-corrected chi connectivity index (χ3v) is 2.27. The van der Waals surface area contributed by atoms with Crippen molar-refractivity contribution < 1.29 is 4.74 Å². The molecular formula is C13H16N2O. The first-order valence-electron chi connectivity index (χ1n) is 5.47. The SMILES string of the molecule is CC(C)COc1ccc(-c2cn[nH]c2)cc1. The van der Waals surface area contributed by atoms with Gasteiger partial charge in [0.1, 0.15) is 5.75 Å². The van der Waals surface area contributed by atoms with Gasteiger partial charge in [0.2, 0.25) is 0 Å². The van der Waals surface area contributed by atoms with Gasteiger partial charge < -0.3 is 4.74 Å². The van der Waals surface area contributed by atoms with Crippen LogP contribution in [-0.4, -0.2) is 16.8 Å². The summed E-state index contributed by atoms with van der Waals surface area (Å²) in [7, 11) is 0. The second kappa shape index (κ2) is 4.84. The molecule has 0 fully saturated rings. The molecule has 1 heterocycles. The first kappa shape index (κ1) is 10.7. The summed E-state index contributed by atoms with van der Waals surface area (Å²) in [5.41, 5.74) is 2.24. The van der Waals surface area contributed by atoms with Gasteiger partial charge >= 0.3 is 0 Å². The van der Waals surface area contributed by atoms with E-state index in [-0.39, 0.29) is 0 Å². The molecule has 16 heavy (non-hydrogen) atoms. The molecule has 3 heteroatoms. The summed E-state index contributed by atoms with van der Waals surface area (Å²) < 4.78 is 5.62. The van der Waals surface area contributed by atoms with Crippen LogP contribution in [-0.2, 0) is 0 Å². The Morgan fingerprint density at radius 1 is 1.19 bits per heavy atom. The topological polar surface area (TPSA) is 37.9 Å². The number of nitrogens with one attached hydrogen (secondary N) is 1. The number of aromatic nitrogens is 2. The first-order valence-corrected chi connectivity index (χ1v) is 5.47. The van der Waals surface area contributed by atoms with Crippen molar-refractivity contribution in [1.29, 1.82) is 0 Å². The lowest BCUT2D eigenvalue weighted by Gasteiger charge is -2.08. The number of rotatable bonds is 4. The molecule has 0 unspecified atom stereocenters. The first-order chi connectivity index (χ1) is 7.75. The second-order valence-corrected chi connectivity index (χ2v) is 4.22. The normalized spacial score (nSPS) is 10.7. The molecule has 3 nitrogen and oxygen atoms in total. The minimum atomic E-state index is 0.550. The number of ether oxygens (including phenoxy) is 1. The van der Waals surface area contributed by atoms with Gasteiger partial charge in [0.05, 0.1) is 12.8 Å². The molecule has 0 aliphatic rings. The number of hydrogen-bond acceptors (Lipinski definition) is 2. The van der Waals surface area contributed by atoms with Crippen molar-refractivity contribution in [2.24, 2.45) is 5.92 Å². The number of hydrogen-bond donors (Lipinski definition) is 1. The van der Waals surface area contributed by atoms with Crippen molar-refractivity contribution in [3.8, 4) is 16.9 Å². The quantitative estimate of drug-likeness (QED) is 0.852. The van der Waals surface area contributed by atoms with Crippen LogP contribution in [0, 0.1) is 5.92 Å². The summed E-state index contributed by atoms with van der Waals surface area (Å²) in [5, 5.41) is 6.73. The van der Waals surface area contributed by atoms with Gasteiger partial charge in [-0.05, 0) is 23.6 Å². The van der Waals surface area contributed by atoms with Gasteiger partial charge in [0, 0.05) is 11.8 Å². The average Bonchev–Trinajstić information content (AvgIpc) is 2.80. The van der Waals surface area contributed by atoms with Crippen LogP contribution in [0.5, 0.6) is 5.75 Å². The summed E-state index contributed by atoms with van der Waals surface area (Å²) in [5.74, 6) is 1.47. The third-order valence-electron chi connectivity index (χ3n) is 2.27. The van der Waals surface area contributed by atoms with Gasteiger partial charge in [-0.25, -0.2) is 0 Å². The Hall–Kier alpha value is -1.77. The maximum absolute atomic E-state index is 5.62. The summed E-state index contributed by atoms with van der Waals surface area (Å²) in [4.78, 5) is 0. The van der Waals surface area contributed by atoms with Crippen LogP contribution in [0.15, 0.2) is 36.7 Å². The largest absolute Gasteiger partial charge is 0.493 e. The summed E-state index contributed by atoms with van der Waals surface area (Å²) in [6, 6.07) is 8.07. The summed E-state index contributed by atoms with van der Waals surface area (Å²) in [6.07, 6.45) is 3.69. The Morgan fingerprint density at radius 3 is 2.50 bits per heavy atom. The highest BCUT2D eigenvalue weighted by molar-refractivity contribution is 5.62. The van der Waals surface area contributed by atoms with Crippen molar-refractivity contribution in [1.82, 2.24) is 10.2 Å². The van der Waals surface area contributed by atoms with Crippen LogP contribution in [0.3, 0.4) is 0 Å². The Morgan fingerprint density at radius 2 is 1.94 bits per heavy atom. The zero-order chi connectivity index (χ0) is 11.4. The van der Waals surface area contributed by atoms with Crippen LogP contribution < -0.4 is 4.74 Å². The molecule has 1 aromatic heterocycles. The average molecular weight is 216 g/mol. The summed E-state index contributed by atoms with van der Waals surface area (Å²) in [6.45, 7) is 5.03. The molecular weight excluding hydrogens is 200 g/mol. The molecule has 0 saturated heterocycles. The van der Waals surface area contributed by atoms with Crippen LogP contribution in [0.25, 0.3) is 11.1 Å². The molecule has 2 rings (SSSR count). The van der Waals surface area contributed by atoms with Crippen LogP contribution >= 0.6 is 0 Å². The summed E-state index contributed by atoms with van der Waals surface area (Å²) >= 11 is 0. The van der Waals surface area contributed by atoms with Crippen molar-refractivity contribution in [3.63, 3.8) is 0 Å². The van der Waals surface area contributed by atoms with Crippen molar-refractivity contribution in [2.75, 3.05) is 6.61 Å². The molecule has 1 aromatic carbocycles. The standard InChI is InChI=1S/C13H16N2O/c1-10(2)9-16-13-5-3-11(4-6-13)12-7-14-15-8-12/h3-8,10H,9H2,1-2H3,(H,14,15). The van der Waals surface area contributed by atoms with E-state index in [0.717, 1.165) is 23.5 Å². The second-order valence-electron chi connectivity index (χ2n) is 4.22. The number of H-pyrrole nitrogens is 1. The molecule has 0 aliphatic carbocycles. The Bertz CT molecular complexity index is 418. The van der Waals surface area contributed by atoms with Gasteiger partial charge in [-0.1, -0.05) is 26.0 Å². The van der Waals surface area contributed by atoms with E-state index >= 15 is 0 Å². The Labute approximate surface area is 95.5 Å². The predicted molar refractivity (Wildman–Crippen MR) is 64.4 cm³/mol. The number of benzene rings is 1. The monoisotopic (exact) mass is 216 g/mol. The van der Waals surface area contributed by atoms with Gasteiger partial charge in [0.15, 0.2) is 0 Å². The maximum atomic E-state index is 5.62. The van der Waals surface area contributed by atoms with E-state index in [1.54, 1.807) is 0 Å². The van der Waals surface area contributed by atoms with Gasteiger partial charge in [-0.3, -0.25) is 5.10 Å². The Kier molecular flexibility index (Phi) is 3.25. The maximum Gasteiger partial charge on any atom is 0.119 e. The minimum Gasteiger partial charge on any atom is -0.493 e. The van der Waals surface area contributed by atoms with E-state index in [4.69, 9.17) is 4.74 Å². The van der Waals surface area contributed by atoms with Crippen LogP contribution in [0.1, 0.15) is 13.8 Å². The molecule has 2 aromatic rings. The Balaban J connectivity index is 2.05. The number of nitrogens with zero attached hydrogens (tertiary/aromatic N) is 1. The molecule has 0 spiro atoms. The lowest BCUT2D eigenvalue weighted by atomic mass is 10.1. The minimum absolute atomic E-state index is 0.550. The highest BCUT2D eigenvalue weighted by Gasteiger charge is 2.00. The fourth-order valence-electron chi connectivity index (χ4n) is 1.42. The predicted octanol–water partition coefficient (Wildman–Crippen LogP) is 3.11. The molecule has 0 saturated carbocycles. The van der Waals surface area contributed by atoms with Gasteiger partial charge in [0.25, 0.3) is 0 Å². The van der Waals surface area contributed by atoms with E-state index in [2.05, 4.69) is 24.0 Å². The number of aromatic amines is 1. The van der Waals surface area contributed by atoms with E-state index in [1.807, 2.05) is 36.7 Å². The fourth-order valence-corrected chi connectivity index (χ4v) is 1.42. The van der Waals surface area contributed by atoms with E-state index in [0.29, 0.717) is 5.92 Å². The molecule has 0 aliphatic heterocycles. The van der Waals surface area contributed by atoms with Gasteiger partial charge in [-0.15, -0.1) is 0 Å². The molecule has 0 bridgehead atoms. The molecule has 0 amide bonds. The zero-order valence-electron chi connectivity index (χ0n) is 9.60. The molecule has 84 valence electrons. The lowest BCUT2D eigenvalue weighted by molar-refractivity contribution is 0.271. The van der Waals surface area contributed by atoms with E-state index in [9.17, 15) is 0 Å². The van der Waals surface area contributed by atoms with Crippen LogP contribution in [0.2, 0.25) is 0 Å². The smallest absolute Gasteiger partial charge is 0.119 e. The lowest BCUT2D eigenvalue weighted by Crippen LogP contribution is -2.04. The molecule has 1 N–H and O–H groups in total. The van der Waals surface area contributed by atoms with E-state index in [1.165, 1.54) is 0 Å². The third kappa shape index (κ3) is 2.63. The van der Waals surface area contributed by atoms with Gasteiger partial charge in [-0.2, -0.15) is 5.10 Å². The molecule has 0 radical (unpaired) electrons. The highest BCUT2D eigenvalue weighted by atomic mass is 16.5. The molecule has 0 atom stereocenters. The van der Waals surface area contributed by atoms with Crippen LogP contribution in [0.4, 0.5) is 0 Å². The fraction of sp³-hybridized carbons (Fsp3) is 0.308. The zero-order valence-corrected chi connectivity index (χ0v) is 9.60. The van der Waals surface area contributed by atoms with Crippen molar-refractivity contribution in [2.45, 2.75) is 13.8 Å². The van der Waals surface area contributed by atoms with Crippen molar-refractivity contribution >= 4 is 0 Å².